The van der Waals surface area contributed by atoms with Crippen molar-refractivity contribution in [3.63, 3.8) is 0 Å². The monoisotopic (exact) mass is 420 g/mol. The first-order valence-corrected chi connectivity index (χ1v) is 10.8. The third kappa shape index (κ3) is 4.74. The number of methoxy groups -OCH3 is 1. The fourth-order valence-corrected chi connectivity index (χ4v) is 4.12. The highest BCUT2D eigenvalue weighted by molar-refractivity contribution is 6.14. The molecule has 0 bridgehead atoms. The molecule has 0 radical (unpaired) electrons. The van der Waals surface area contributed by atoms with E-state index in [0.29, 0.717) is 23.8 Å². The number of amides is 3. The molecule has 6 nitrogen and oxygen atoms in total. The summed E-state index contributed by atoms with van der Waals surface area (Å²) in [5, 5.41) is 2.73. The minimum absolute atomic E-state index is 0.000707. The average molecular weight is 421 g/mol. The maximum atomic E-state index is 12.8. The first kappa shape index (κ1) is 21.0. The Morgan fingerprint density at radius 2 is 1.77 bits per heavy atom. The van der Waals surface area contributed by atoms with E-state index in [1.54, 1.807) is 19.3 Å². The number of ether oxygens (including phenoxy) is 2. The predicted octanol–water partition coefficient (Wildman–Crippen LogP) is 4.81. The van der Waals surface area contributed by atoms with Crippen molar-refractivity contribution in [2.24, 2.45) is 0 Å². The van der Waals surface area contributed by atoms with Crippen LogP contribution >= 0.6 is 0 Å². The molecule has 0 aromatic heterocycles. The standard InChI is InChI=1S/C25H28N2O4/c1-17-8-10-18(11-9-17)16-31-22-13-12-19(15-23(22)30-2)14-21-24(28)27(25(29)26-21)20-6-4-3-5-7-20/h8-15,20H,3-7,16H2,1-2H3,(H,26,29)/b21-14-. The molecule has 1 saturated heterocycles. The van der Waals surface area contributed by atoms with Crippen LogP contribution < -0.4 is 14.8 Å². The molecule has 1 saturated carbocycles. The molecule has 0 unspecified atom stereocenters. The van der Waals surface area contributed by atoms with Gasteiger partial charge in [0.15, 0.2) is 11.5 Å². The second-order valence-corrected chi connectivity index (χ2v) is 8.14. The summed E-state index contributed by atoms with van der Waals surface area (Å²) in [6.07, 6.45) is 6.74. The van der Waals surface area contributed by atoms with Crippen LogP contribution in [0.5, 0.6) is 11.5 Å². The molecular formula is C25H28N2O4. The molecule has 1 N–H and O–H groups in total. The number of carbonyl (C=O) groups excluding carboxylic acids is 2. The third-order valence-corrected chi connectivity index (χ3v) is 5.86. The van der Waals surface area contributed by atoms with Crippen molar-refractivity contribution in [2.75, 3.05) is 7.11 Å². The maximum Gasteiger partial charge on any atom is 0.329 e. The summed E-state index contributed by atoms with van der Waals surface area (Å²) < 4.78 is 11.4. The normalized spacial score (nSPS) is 18.4. The van der Waals surface area contributed by atoms with Gasteiger partial charge in [-0.1, -0.05) is 55.2 Å². The zero-order valence-electron chi connectivity index (χ0n) is 18.0. The van der Waals surface area contributed by atoms with Crippen molar-refractivity contribution in [1.82, 2.24) is 10.2 Å². The van der Waals surface area contributed by atoms with E-state index in [4.69, 9.17) is 9.47 Å². The number of carbonyl (C=O) groups is 2. The summed E-state index contributed by atoms with van der Waals surface area (Å²) in [5.74, 6) is 0.939. The average Bonchev–Trinajstić information content (AvgIpc) is 3.07. The molecule has 1 aliphatic carbocycles. The van der Waals surface area contributed by atoms with Gasteiger partial charge in [0.25, 0.3) is 5.91 Å². The van der Waals surface area contributed by atoms with Crippen LogP contribution in [0.15, 0.2) is 48.2 Å². The van der Waals surface area contributed by atoms with E-state index in [9.17, 15) is 9.59 Å². The SMILES string of the molecule is COc1cc(/C=C2\NC(=O)N(C3CCCCC3)C2=O)ccc1OCc1ccc(C)cc1. The van der Waals surface area contributed by atoms with Gasteiger partial charge in [-0.25, -0.2) is 4.79 Å². The number of nitrogens with zero attached hydrogens (tertiary/aromatic N) is 1. The molecule has 0 atom stereocenters. The zero-order valence-corrected chi connectivity index (χ0v) is 18.0. The predicted molar refractivity (Wildman–Crippen MR) is 119 cm³/mol. The Kier molecular flexibility index (Phi) is 6.26. The number of benzene rings is 2. The number of imide groups is 1. The van der Waals surface area contributed by atoms with Crippen molar-refractivity contribution in [3.05, 3.63) is 64.9 Å². The van der Waals surface area contributed by atoms with Crippen LogP contribution in [-0.2, 0) is 11.4 Å². The first-order valence-electron chi connectivity index (χ1n) is 10.8. The van der Waals surface area contributed by atoms with E-state index in [1.807, 2.05) is 31.2 Å². The fourth-order valence-electron chi connectivity index (χ4n) is 4.12. The van der Waals surface area contributed by atoms with Gasteiger partial charge in [0.05, 0.1) is 7.11 Å². The third-order valence-electron chi connectivity index (χ3n) is 5.86. The van der Waals surface area contributed by atoms with Crippen molar-refractivity contribution in [2.45, 2.75) is 51.7 Å². The summed E-state index contributed by atoms with van der Waals surface area (Å²) in [7, 11) is 1.58. The Hall–Kier alpha value is -3.28. The van der Waals surface area contributed by atoms with Gasteiger partial charge in [-0.2, -0.15) is 0 Å². The summed E-state index contributed by atoms with van der Waals surface area (Å²) in [6.45, 7) is 2.48. The summed E-state index contributed by atoms with van der Waals surface area (Å²) in [6, 6.07) is 13.3. The second-order valence-electron chi connectivity index (χ2n) is 8.14. The molecule has 1 aliphatic heterocycles. The van der Waals surface area contributed by atoms with Crippen LogP contribution in [0.1, 0.15) is 48.8 Å². The topological polar surface area (TPSA) is 67.9 Å². The molecule has 3 amide bonds. The summed E-state index contributed by atoms with van der Waals surface area (Å²) in [4.78, 5) is 26.6. The smallest absolute Gasteiger partial charge is 0.329 e. The number of nitrogens with one attached hydrogen (secondary N) is 1. The van der Waals surface area contributed by atoms with Gasteiger partial charge >= 0.3 is 6.03 Å². The quantitative estimate of drug-likeness (QED) is 0.538. The molecular weight excluding hydrogens is 392 g/mol. The highest BCUT2D eigenvalue weighted by Gasteiger charge is 2.38. The van der Waals surface area contributed by atoms with Crippen LogP contribution in [-0.4, -0.2) is 30.0 Å². The Bertz CT molecular complexity index is 991. The molecule has 162 valence electrons. The minimum atomic E-state index is -0.326. The number of aryl methyl sites for hydroxylation is 1. The second kappa shape index (κ2) is 9.25. The Morgan fingerprint density at radius 1 is 1.03 bits per heavy atom. The van der Waals surface area contributed by atoms with Crippen LogP contribution in [0.4, 0.5) is 4.79 Å². The lowest BCUT2D eigenvalue weighted by Gasteiger charge is -2.28. The largest absolute Gasteiger partial charge is 0.493 e. The van der Waals surface area contributed by atoms with Gasteiger partial charge in [-0.3, -0.25) is 9.69 Å². The van der Waals surface area contributed by atoms with Crippen LogP contribution in [0.25, 0.3) is 6.08 Å². The van der Waals surface area contributed by atoms with Gasteiger partial charge in [0.1, 0.15) is 12.3 Å². The summed E-state index contributed by atoms with van der Waals surface area (Å²) in [5.41, 5.74) is 3.33. The lowest BCUT2D eigenvalue weighted by Crippen LogP contribution is -2.41. The Balaban J connectivity index is 1.48. The van der Waals surface area contributed by atoms with Crippen molar-refractivity contribution in [3.8, 4) is 11.5 Å². The first-order chi connectivity index (χ1) is 15.0. The molecule has 2 aliphatic rings. The molecule has 1 heterocycles. The number of hydrogen-bond acceptors (Lipinski definition) is 4. The Morgan fingerprint density at radius 3 is 2.48 bits per heavy atom. The van der Waals surface area contributed by atoms with Crippen molar-refractivity contribution in [1.29, 1.82) is 0 Å². The summed E-state index contributed by atoms with van der Waals surface area (Å²) >= 11 is 0. The maximum absolute atomic E-state index is 12.8. The van der Waals surface area contributed by atoms with E-state index in [1.165, 1.54) is 16.9 Å². The highest BCUT2D eigenvalue weighted by Crippen LogP contribution is 2.31. The molecule has 2 fully saturated rings. The van der Waals surface area contributed by atoms with Gasteiger partial charge < -0.3 is 14.8 Å². The van der Waals surface area contributed by atoms with Gasteiger partial charge in [0.2, 0.25) is 0 Å². The molecule has 6 heteroatoms. The minimum Gasteiger partial charge on any atom is -0.493 e. The van der Waals surface area contributed by atoms with Gasteiger partial charge in [0, 0.05) is 6.04 Å². The molecule has 0 spiro atoms. The lowest BCUT2D eigenvalue weighted by atomic mass is 9.94. The number of rotatable bonds is 6. The van der Waals surface area contributed by atoms with E-state index >= 15 is 0 Å². The lowest BCUT2D eigenvalue weighted by molar-refractivity contribution is -0.124. The van der Waals surface area contributed by atoms with Gasteiger partial charge in [-0.05, 0) is 49.1 Å². The van der Waals surface area contributed by atoms with Crippen LogP contribution in [0, 0.1) is 6.92 Å². The van der Waals surface area contributed by atoms with E-state index in [0.717, 1.165) is 36.8 Å². The van der Waals surface area contributed by atoms with Crippen LogP contribution in [0.3, 0.4) is 0 Å². The van der Waals surface area contributed by atoms with Crippen LogP contribution in [0.2, 0.25) is 0 Å². The molecule has 4 rings (SSSR count). The number of urea groups is 1. The molecule has 2 aromatic rings. The van der Waals surface area contributed by atoms with Crippen molar-refractivity contribution >= 4 is 18.0 Å². The van der Waals surface area contributed by atoms with Gasteiger partial charge in [-0.15, -0.1) is 0 Å². The van der Waals surface area contributed by atoms with E-state index in [2.05, 4.69) is 17.4 Å². The number of hydrogen-bond donors (Lipinski definition) is 1. The van der Waals surface area contributed by atoms with E-state index < -0.39 is 0 Å². The highest BCUT2D eigenvalue weighted by atomic mass is 16.5. The molecule has 2 aromatic carbocycles. The molecule has 31 heavy (non-hydrogen) atoms. The van der Waals surface area contributed by atoms with Crippen molar-refractivity contribution < 1.29 is 19.1 Å². The van der Waals surface area contributed by atoms with E-state index in [-0.39, 0.29) is 18.0 Å². The fraction of sp³-hybridized carbons (Fsp3) is 0.360. The zero-order chi connectivity index (χ0) is 21.8. The Labute approximate surface area is 182 Å².